The van der Waals surface area contributed by atoms with Crippen LogP contribution in [0.2, 0.25) is 0 Å². The molecular weight excluding hydrogens is 1210 g/mol. The summed E-state index contributed by atoms with van der Waals surface area (Å²) >= 11 is 0. The molecule has 1 fully saturated rings. The zero-order valence-corrected chi connectivity index (χ0v) is 58.5. The average Bonchev–Trinajstić information content (AvgIpc) is 1.65. The van der Waals surface area contributed by atoms with E-state index in [-0.39, 0.29) is 84.2 Å². The maximum Gasteiger partial charge on any atom is 0.407 e. The number of carbonyl (C=O) groups excluding carboxylic acids is 8. The van der Waals surface area contributed by atoms with Gasteiger partial charge in [-0.05, 0) is 90.3 Å². The van der Waals surface area contributed by atoms with E-state index in [2.05, 4.69) is 31.9 Å². The molecule has 1 saturated heterocycles. The van der Waals surface area contributed by atoms with Crippen molar-refractivity contribution >= 4 is 53.3 Å². The van der Waals surface area contributed by atoms with Crippen LogP contribution in [0.4, 0.5) is 15.3 Å². The zero-order valence-electron chi connectivity index (χ0n) is 58.5. The van der Waals surface area contributed by atoms with Gasteiger partial charge in [-0.1, -0.05) is 160 Å². The van der Waals surface area contributed by atoms with E-state index >= 15 is 0 Å². The molecule has 5 unspecified atom stereocenters. The van der Waals surface area contributed by atoms with Crippen LogP contribution < -0.4 is 37.6 Å². The van der Waals surface area contributed by atoms with E-state index in [4.69, 9.17) is 19.9 Å². The van der Waals surface area contributed by atoms with Crippen LogP contribution in [0.15, 0.2) is 103 Å². The van der Waals surface area contributed by atoms with Gasteiger partial charge in [0.15, 0.2) is 6.04 Å². The van der Waals surface area contributed by atoms with Crippen molar-refractivity contribution in [3.63, 3.8) is 0 Å². The van der Waals surface area contributed by atoms with Crippen molar-refractivity contribution in [1.29, 1.82) is 0 Å². The number of nitrogens with zero attached hydrogens (tertiary/aromatic N) is 3. The molecule has 9 N–H and O–H groups in total. The van der Waals surface area contributed by atoms with Gasteiger partial charge in [0.25, 0.3) is 5.91 Å². The number of primary amides is 1. The first-order valence-electron chi connectivity index (χ1n) is 33.7. The molecule has 1 heterocycles. The Morgan fingerprint density at radius 1 is 0.705 bits per heavy atom. The van der Waals surface area contributed by atoms with Crippen molar-refractivity contribution in [3.05, 3.63) is 125 Å². The first-order valence-corrected chi connectivity index (χ1v) is 33.7. The second-order valence-electron chi connectivity index (χ2n) is 27.5. The van der Waals surface area contributed by atoms with Gasteiger partial charge in [-0.15, -0.1) is 0 Å². The van der Waals surface area contributed by atoms with E-state index in [0.717, 1.165) is 27.8 Å². The Hall–Kier alpha value is -7.92. The zero-order chi connectivity index (χ0) is 70.0. The van der Waals surface area contributed by atoms with Crippen molar-refractivity contribution < 1.29 is 62.2 Å². The van der Waals surface area contributed by atoms with Gasteiger partial charge in [-0.2, -0.15) is 0 Å². The highest BCUT2D eigenvalue weighted by atomic mass is 16.5. The van der Waals surface area contributed by atoms with Crippen LogP contribution in [-0.2, 0) is 49.5 Å². The van der Waals surface area contributed by atoms with Gasteiger partial charge in [-0.25, -0.2) is 9.59 Å². The van der Waals surface area contributed by atoms with Crippen LogP contribution in [0.3, 0.4) is 0 Å². The fraction of sp³-hybridized carbons (Fsp3) is 0.562. The van der Waals surface area contributed by atoms with Crippen LogP contribution in [0, 0.1) is 29.6 Å². The number of methoxy groups -OCH3 is 2. The van der Waals surface area contributed by atoms with Crippen LogP contribution in [0.25, 0.3) is 11.1 Å². The van der Waals surface area contributed by atoms with Gasteiger partial charge < -0.3 is 71.2 Å². The number of hydrogen-bond donors (Lipinski definition) is 8. The van der Waals surface area contributed by atoms with Crippen molar-refractivity contribution in [1.82, 2.24) is 36.4 Å². The topological polar surface area (TPSA) is 289 Å². The lowest BCUT2D eigenvalue weighted by atomic mass is 9.89. The Morgan fingerprint density at radius 3 is 1.86 bits per heavy atom. The summed E-state index contributed by atoms with van der Waals surface area (Å²) < 4.78 is 18.1. The number of alkyl carbamates (subject to hydrolysis) is 1. The average molecular weight is 1320 g/mol. The van der Waals surface area contributed by atoms with Crippen molar-refractivity contribution in [3.8, 4) is 11.1 Å². The van der Waals surface area contributed by atoms with E-state index in [9.17, 15) is 43.5 Å². The van der Waals surface area contributed by atoms with Crippen molar-refractivity contribution in [2.75, 3.05) is 60.4 Å². The molecule has 0 spiro atoms. The number of fused-ring (bicyclic) bond motifs is 3. The van der Waals surface area contributed by atoms with E-state index in [1.54, 1.807) is 68.8 Å². The number of hydrogen-bond acceptors (Lipinski definition) is 12. The van der Waals surface area contributed by atoms with E-state index in [0.29, 0.717) is 43.6 Å². The number of carbonyl (C=O) groups is 8. The fourth-order valence-corrected chi connectivity index (χ4v) is 13.9. The quantitative estimate of drug-likeness (QED) is 0.0163. The minimum atomic E-state index is -1.09. The number of aliphatic hydroxyl groups excluding tert-OH is 1. The molecule has 12 atom stereocenters. The molecule has 0 radical (unpaired) electrons. The molecule has 95 heavy (non-hydrogen) atoms. The fourth-order valence-electron chi connectivity index (χ4n) is 13.9. The second kappa shape index (κ2) is 35.2. The molecule has 0 bridgehead atoms. The first kappa shape index (κ1) is 76.1. The van der Waals surface area contributed by atoms with Crippen molar-refractivity contribution in [2.45, 2.75) is 181 Å². The Kier molecular flexibility index (Phi) is 28.2. The van der Waals surface area contributed by atoms with Gasteiger partial charge in [0, 0.05) is 57.4 Å². The summed E-state index contributed by atoms with van der Waals surface area (Å²) in [6.07, 6.45) is -0.741. The smallest absolute Gasteiger partial charge is 0.407 e. The number of rotatable bonds is 34. The molecule has 6 rings (SSSR count). The summed E-state index contributed by atoms with van der Waals surface area (Å²) in [6, 6.07) is 26.2. The van der Waals surface area contributed by atoms with Crippen LogP contribution >= 0.6 is 0 Å². The summed E-state index contributed by atoms with van der Waals surface area (Å²) in [5.41, 5.74) is 11.5. The molecule has 2 aliphatic rings. The standard InChI is InChI=1S/C73H106N10O12/c1-16-46(8)63(59(93-14)40-60(84)82-39-25-33-58(82)66(94-15)47(9)67(86)76-48(10)65(85)50-26-18-17-19-27-50)81(11)71(90)62(44(4)5)79-70(89)64(45(6)7)83(12,13)41-49-34-36-51(37-35-49)77-68(87)57(32-24-38-75-72(74)91)78-69(88)61(43(2)3)80-73(92)95-42-56-54-30-22-20-28-52(54)53-29-21-23-31-55(53)56/h17-23,26-31,34-37,43-48,56-59,61-66,85H,16,24-25,32-33,38-42H2,1-15H3,(H7-,74,75,76,77,78,79,80,86,87,88,89,91,92)/p+1/t46-,47+,48+,57?,58?,59+,61?,62?,63-,64?,65+,66+/m0/s1. The number of nitrogens with two attached hydrogens (primary N) is 1. The molecule has 1 aliphatic carbocycles. The Bertz CT molecular complexity index is 3170. The number of likely N-dealkylation sites (tertiary alicyclic amines) is 1. The Morgan fingerprint density at radius 2 is 1.31 bits per heavy atom. The Labute approximate surface area is 562 Å². The van der Waals surface area contributed by atoms with Crippen molar-refractivity contribution in [2.24, 2.45) is 35.3 Å². The predicted octanol–water partition coefficient (Wildman–Crippen LogP) is 8.02. The minimum absolute atomic E-state index is 0.0474. The van der Waals surface area contributed by atoms with Gasteiger partial charge in [0.2, 0.25) is 29.5 Å². The molecule has 4 aromatic carbocycles. The van der Waals surface area contributed by atoms with Gasteiger partial charge in [0.05, 0.1) is 62.9 Å². The summed E-state index contributed by atoms with van der Waals surface area (Å²) in [5.74, 6) is -4.15. The van der Waals surface area contributed by atoms with Gasteiger partial charge in [0.1, 0.15) is 31.3 Å². The SMILES string of the molecule is CC[C@H](C)[C@@H]([C@@H](CC(=O)N1CCCC1[C@H](OC)[C@@H](C)C(=O)N[C@H](C)[C@@H](O)c1ccccc1)OC)N(C)C(=O)C(NC(=O)C(C(C)C)[N+](C)(C)Cc1ccc(NC(=O)C(CCCNC(N)=O)NC(=O)C(NC(=O)OCC2c3ccccc3-c3ccccc32)C(C)C)cc1)C(C)C. The number of anilines is 1. The van der Waals surface area contributed by atoms with Gasteiger partial charge in [-0.3, -0.25) is 28.8 Å². The molecule has 22 nitrogen and oxygen atoms in total. The number of aliphatic hydroxyl groups is 1. The van der Waals surface area contributed by atoms with E-state index in [1.165, 1.54) is 14.2 Å². The highest BCUT2D eigenvalue weighted by Gasteiger charge is 2.45. The molecule has 0 saturated carbocycles. The number of benzene rings is 4. The monoisotopic (exact) mass is 1320 g/mol. The van der Waals surface area contributed by atoms with Crippen LogP contribution in [0.1, 0.15) is 142 Å². The number of amides is 9. The molecule has 520 valence electrons. The lowest BCUT2D eigenvalue weighted by molar-refractivity contribution is -0.922. The maximum absolute atomic E-state index is 15.0. The van der Waals surface area contributed by atoms with Gasteiger partial charge >= 0.3 is 12.1 Å². The van der Waals surface area contributed by atoms with Crippen LogP contribution in [-0.4, -0.2) is 177 Å². The predicted molar refractivity (Wildman–Crippen MR) is 367 cm³/mol. The third-order valence-electron chi connectivity index (χ3n) is 19.1. The minimum Gasteiger partial charge on any atom is -0.449 e. The number of likely N-dealkylation sites (N-methyl/N-ethyl adjacent to an activating group) is 2. The maximum atomic E-state index is 15.0. The first-order chi connectivity index (χ1) is 45.0. The van der Waals surface area contributed by atoms with E-state index in [1.807, 2.05) is 135 Å². The summed E-state index contributed by atoms with van der Waals surface area (Å²) in [4.78, 5) is 115. The third-order valence-corrected chi connectivity index (χ3v) is 19.1. The number of urea groups is 1. The lowest BCUT2D eigenvalue weighted by Gasteiger charge is -2.42. The molecule has 1 aliphatic heterocycles. The largest absolute Gasteiger partial charge is 0.449 e. The number of ether oxygens (including phenoxy) is 3. The molecule has 22 heteroatoms. The summed E-state index contributed by atoms with van der Waals surface area (Å²) in [7, 11) is 8.70. The van der Waals surface area contributed by atoms with E-state index < -0.39 is 96.4 Å². The summed E-state index contributed by atoms with van der Waals surface area (Å²) in [6.45, 7) is 19.8. The second-order valence-corrected chi connectivity index (χ2v) is 27.5. The molecule has 4 aromatic rings. The summed E-state index contributed by atoms with van der Waals surface area (Å²) in [5, 5.41) is 28.1. The molecular formula is C73H107N10O12+. The van der Waals surface area contributed by atoms with Crippen LogP contribution in [0.5, 0.6) is 0 Å². The third kappa shape index (κ3) is 19.9. The normalized spacial score (nSPS) is 17.3. The highest BCUT2D eigenvalue weighted by molar-refractivity contribution is 5.98. The Balaban J connectivity index is 1.08. The molecule has 0 aromatic heterocycles. The highest BCUT2D eigenvalue weighted by Crippen LogP contribution is 2.44. The molecule has 9 amide bonds. The lowest BCUT2D eigenvalue weighted by Crippen LogP contribution is -2.63. The number of quaternary nitrogens is 1. The number of nitrogens with one attached hydrogen (secondary N) is 6.